The number of amides is 2. The third-order valence-electron chi connectivity index (χ3n) is 2.10. The molecule has 1 rings (SSSR count). The van der Waals surface area contributed by atoms with Gasteiger partial charge in [0.15, 0.2) is 0 Å². The van der Waals surface area contributed by atoms with Crippen LogP contribution in [-0.2, 0) is 17.6 Å². The fourth-order valence-electron chi connectivity index (χ4n) is 1.27. The topological polar surface area (TPSA) is 50.4 Å². The average molecular weight is 276 g/mol. The number of carbonyl (C=O) groups is 1. The molecular weight excluding hydrogens is 261 g/mol. The SMILES string of the molecule is CC(C)NC(=O)NOCc1ccc(C(F)(F)F)cc1. The van der Waals surface area contributed by atoms with Crippen LogP contribution in [0.1, 0.15) is 25.0 Å². The van der Waals surface area contributed by atoms with Crippen molar-refractivity contribution in [2.75, 3.05) is 0 Å². The number of hydrogen-bond donors (Lipinski definition) is 2. The summed E-state index contributed by atoms with van der Waals surface area (Å²) in [6, 6.07) is 3.99. The van der Waals surface area contributed by atoms with Gasteiger partial charge in [-0.05, 0) is 31.5 Å². The maximum absolute atomic E-state index is 12.3. The van der Waals surface area contributed by atoms with Gasteiger partial charge in [0.2, 0.25) is 0 Å². The van der Waals surface area contributed by atoms with Gasteiger partial charge in [-0.2, -0.15) is 13.2 Å². The molecule has 1 aromatic rings. The lowest BCUT2D eigenvalue weighted by atomic mass is 10.1. The first-order valence-corrected chi connectivity index (χ1v) is 5.63. The predicted octanol–water partition coefficient (Wildman–Crippen LogP) is 2.84. The number of hydroxylamine groups is 1. The molecule has 0 aliphatic heterocycles. The van der Waals surface area contributed by atoms with E-state index in [4.69, 9.17) is 4.84 Å². The van der Waals surface area contributed by atoms with Gasteiger partial charge in [-0.15, -0.1) is 0 Å². The van der Waals surface area contributed by atoms with Crippen molar-refractivity contribution in [2.24, 2.45) is 0 Å². The van der Waals surface area contributed by atoms with E-state index in [9.17, 15) is 18.0 Å². The smallest absolute Gasteiger partial charge is 0.334 e. The molecular formula is C12H15F3N2O2. The highest BCUT2D eigenvalue weighted by Gasteiger charge is 2.29. The van der Waals surface area contributed by atoms with Crippen LogP contribution in [0, 0.1) is 0 Å². The van der Waals surface area contributed by atoms with Crippen LogP contribution in [0.3, 0.4) is 0 Å². The number of carbonyl (C=O) groups excluding carboxylic acids is 1. The molecule has 7 heteroatoms. The molecule has 2 N–H and O–H groups in total. The zero-order valence-electron chi connectivity index (χ0n) is 10.5. The van der Waals surface area contributed by atoms with E-state index in [1.807, 2.05) is 0 Å². The average Bonchev–Trinajstić information content (AvgIpc) is 2.27. The Morgan fingerprint density at radius 2 is 1.84 bits per heavy atom. The maximum Gasteiger partial charge on any atom is 0.416 e. The second-order valence-corrected chi connectivity index (χ2v) is 4.21. The molecule has 0 saturated heterocycles. The monoisotopic (exact) mass is 276 g/mol. The third kappa shape index (κ3) is 5.60. The van der Waals surface area contributed by atoms with E-state index in [1.165, 1.54) is 12.1 Å². The standard InChI is InChI=1S/C12H15F3N2O2/c1-8(2)16-11(18)17-19-7-9-3-5-10(6-4-9)12(13,14)15/h3-6,8H,7H2,1-2H3,(H2,16,17,18). The summed E-state index contributed by atoms with van der Waals surface area (Å²) in [5.41, 5.74) is 1.94. The number of halogens is 3. The summed E-state index contributed by atoms with van der Waals surface area (Å²) in [7, 11) is 0. The molecule has 0 unspecified atom stereocenters. The van der Waals surface area contributed by atoms with Crippen molar-refractivity contribution >= 4 is 6.03 Å². The van der Waals surface area contributed by atoms with E-state index < -0.39 is 17.8 Å². The van der Waals surface area contributed by atoms with Crippen LogP contribution in [0.15, 0.2) is 24.3 Å². The van der Waals surface area contributed by atoms with Crippen molar-refractivity contribution in [3.05, 3.63) is 35.4 Å². The second-order valence-electron chi connectivity index (χ2n) is 4.21. The molecule has 0 spiro atoms. The van der Waals surface area contributed by atoms with E-state index >= 15 is 0 Å². The Bertz CT molecular complexity index is 416. The van der Waals surface area contributed by atoms with Gasteiger partial charge >= 0.3 is 12.2 Å². The van der Waals surface area contributed by atoms with E-state index in [2.05, 4.69) is 10.8 Å². The minimum atomic E-state index is -4.35. The van der Waals surface area contributed by atoms with Crippen LogP contribution >= 0.6 is 0 Å². The van der Waals surface area contributed by atoms with Gasteiger partial charge in [0, 0.05) is 6.04 Å². The van der Waals surface area contributed by atoms with Gasteiger partial charge in [-0.25, -0.2) is 10.3 Å². The van der Waals surface area contributed by atoms with Crippen LogP contribution in [0.5, 0.6) is 0 Å². The molecule has 0 fully saturated rings. The van der Waals surface area contributed by atoms with Crippen molar-refractivity contribution in [1.29, 1.82) is 0 Å². The van der Waals surface area contributed by atoms with Crippen LogP contribution in [0.2, 0.25) is 0 Å². The first-order valence-electron chi connectivity index (χ1n) is 5.63. The largest absolute Gasteiger partial charge is 0.416 e. The number of hydrogen-bond acceptors (Lipinski definition) is 2. The summed E-state index contributed by atoms with van der Waals surface area (Å²) >= 11 is 0. The molecule has 1 aromatic carbocycles. The second kappa shape index (κ2) is 6.42. The Morgan fingerprint density at radius 1 is 1.26 bits per heavy atom. The van der Waals surface area contributed by atoms with Crippen molar-refractivity contribution in [3.8, 4) is 0 Å². The summed E-state index contributed by atoms with van der Waals surface area (Å²) in [6.07, 6.45) is -4.35. The fourth-order valence-corrected chi connectivity index (χ4v) is 1.27. The summed E-state index contributed by atoms with van der Waals surface area (Å²) in [5, 5.41) is 2.53. The van der Waals surface area contributed by atoms with Crippen molar-refractivity contribution < 1.29 is 22.8 Å². The number of urea groups is 1. The minimum absolute atomic E-state index is 0.0103. The fraction of sp³-hybridized carbons (Fsp3) is 0.417. The summed E-state index contributed by atoms with van der Waals surface area (Å²) in [6.45, 7) is 3.56. The van der Waals surface area contributed by atoms with Crippen LogP contribution < -0.4 is 10.8 Å². The normalized spacial score (nSPS) is 11.5. The summed E-state index contributed by atoms with van der Waals surface area (Å²) in [4.78, 5) is 16.0. The maximum atomic E-state index is 12.3. The van der Waals surface area contributed by atoms with E-state index in [0.717, 1.165) is 12.1 Å². The third-order valence-corrected chi connectivity index (χ3v) is 2.10. The summed E-state index contributed by atoms with van der Waals surface area (Å²) in [5.74, 6) is 0. The first-order chi connectivity index (χ1) is 8.79. The minimum Gasteiger partial charge on any atom is -0.334 e. The van der Waals surface area contributed by atoms with Crippen LogP contribution in [0.4, 0.5) is 18.0 Å². The highest BCUT2D eigenvalue weighted by atomic mass is 19.4. The zero-order chi connectivity index (χ0) is 14.5. The van der Waals surface area contributed by atoms with Gasteiger partial charge < -0.3 is 5.32 Å². The molecule has 0 aliphatic rings. The molecule has 0 heterocycles. The summed E-state index contributed by atoms with van der Waals surface area (Å²) < 4.78 is 36.9. The Balaban J connectivity index is 2.40. The predicted molar refractivity (Wildman–Crippen MR) is 63.0 cm³/mol. The van der Waals surface area contributed by atoms with Crippen molar-refractivity contribution in [2.45, 2.75) is 32.7 Å². The van der Waals surface area contributed by atoms with Crippen molar-refractivity contribution in [1.82, 2.24) is 10.8 Å². The van der Waals surface area contributed by atoms with E-state index in [-0.39, 0.29) is 12.6 Å². The Morgan fingerprint density at radius 3 is 2.32 bits per heavy atom. The molecule has 0 atom stereocenters. The molecule has 2 amide bonds. The van der Waals surface area contributed by atoms with E-state index in [0.29, 0.717) is 5.56 Å². The number of nitrogens with one attached hydrogen (secondary N) is 2. The van der Waals surface area contributed by atoms with Gasteiger partial charge in [-0.3, -0.25) is 4.84 Å². The quantitative estimate of drug-likeness (QED) is 0.831. The molecule has 4 nitrogen and oxygen atoms in total. The Kier molecular flexibility index (Phi) is 5.17. The van der Waals surface area contributed by atoms with Gasteiger partial charge in [0.05, 0.1) is 12.2 Å². The highest BCUT2D eigenvalue weighted by molar-refractivity contribution is 5.72. The van der Waals surface area contributed by atoms with Crippen molar-refractivity contribution in [3.63, 3.8) is 0 Å². The molecule has 0 radical (unpaired) electrons. The Hall–Kier alpha value is -1.76. The molecule has 0 saturated carbocycles. The lowest BCUT2D eigenvalue weighted by molar-refractivity contribution is -0.137. The van der Waals surface area contributed by atoms with Crippen LogP contribution in [-0.4, -0.2) is 12.1 Å². The lowest BCUT2D eigenvalue weighted by Gasteiger charge is -2.10. The lowest BCUT2D eigenvalue weighted by Crippen LogP contribution is -2.39. The van der Waals surface area contributed by atoms with E-state index in [1.54, 1.807) is 13.8 Å². The van der Waals surface area contributed by atoms with Gasteiger partial charge in [0.1, 0.15) is 0 Å². The molecule has 0 bridgehead atoms. The molecule has 0 aliphatic carbocycles. The van der Waals surface area contributed by atoms with Gasteiger partial charge in [0.25, 0.3) is 0 Å². The molecule has 0 aromatic heterocycles. The first kappa shape index (κ1) is 15.3. The molecule has 19 heavy (non-hydrogen) atoms. The number of benzene rings is 1. The zero-order valence-corrected chi connectivity index (χ0v) is 10.5. The number of alkyl halides is 3. The molecule has 106 valence electrons. The highest BCUT2D eigenvalue weighted by Crippen LogP contribution is 2.29. The van der Waals surface area contributed by atoms with Gasteiger partial charge in [-0.1, -0.05) is 12.1 Å². The van der Waals surface area contributed by atoms with Crippen LogP contribution in [0.25, 0.3) is 0 Å². The number of rotatable bonds is 4. The Labute approximate surface area is 108 Å².